The zero-order valence-electron chi connectivity index (χ0n) is 8.23. The van der Waals surface area contributed by atoms with E-state index in [1.165, 1.54) is 38.5 Å². The summed E-state index contributed by atoms with van der Waals surface area (Å²) < 4.78 is 5.75. The van der Waals surface area contributed by atoms with Gasteiger partial charge in [-0.2, -0.15) is 0 Å². The maximum Gasteiger partial charge on any atom is 0.0530 e. The fraction of sp³-hybridized carbons (Fsp3) is 1.00. The van der Waals surface area contributed by atoms with Crippen molar-refractivity contribution in [2.75, 3.05) is 18.5 Å². The molecule has 0 aromatic heterocycles. The number of hydrogen-bond donors (Lipinski definition) is 0. The molecule has 2 rings (SSSR count). The summed E-state index contributed by atoms with van der Waals surface area (Å²) in [6, 6.07) is 0. The second-order valence-electron chi connectivity index (χ2n) is 4.77. The first-order chi connectivity index (χ1) is 6.35. The number of alkyl halides is 1. The van der Waals surface area contributed by atoms with Crippen LogP contribution in [0.4, 0.5) is 0 Å². The van der Waals surface area contributed by atoms with Gasteiger partial charge in [0, 0.05) is 17.4 Å². The van der Waals surface area contributed by atoms with Crippen molar-refractivity contribution < 1.29 is 4.74 Å². The largest absolute Gasteiger partial charge is 0.381 e. The molecule has 76 valence electrons. The molecule has 2 heteroatoms. The number of rotatable bonds is 6. The number of hydrogen-bond acceptors (Lipinski definition) is 1. The topological polar surface area (TPSA) is 9.23 Å². The van der Waals surface area contributed by atoms with Gasteiger partial charge in [0.2, 0.25) is 0 Å². The quantitative estimate of drug-likeness (QED) is 0.516. The third-order valence-corrected chi connectivity index (χ3v) is 4.66. The van der Waals surface area contributed by atoms with E-state index in [4.69, 9.17) is 4.74 Å². The molecule has 13 heavy (non-hydrogen) atoms. The van der Waals surface area contributed by atoms with Crippen LogP contribution in [0.3, 0.4) is 0 Å². The first-order valence-corrected chi connectivity index (χ1v) is 6.61. The second-order valence-corrected chi connectivity index (χ2v) is 5.33. The Morgan fingerprint density at radius 3 is 2.54 bits per heavy atom. The van der Waals surface area contributed by atoms with Gasteiger partial charge < -0.3 is 4.74 Å². The van der Waals surface area contributed by atoms with Crippen LogP contribution in [0.2, 0.25) is 0 Å². The molecule has 2 aliphatic carbocycles. The van der Waals surface area contributed by atoms with Crippen LogP contribution < -0.4 is 0 Å². The van der Waals surface area contributed by atoms with E-state index in [2.05, 4.69) is 15.9 Å². The van der Waals surface area contributed by atoms with E-state index in [-0.39, 0.29) is 0 Å². The van der Waals surface area contributed by atoms with Gasteiger partial charge in [0.05, 0.1) is 6.61 Å². The van der Waals surface area contributed by atoms with E-state index in [9.17, 15) is 0 Å². The fourth-order valence-corrected chi connectivity index (χ4v) is 2.66. The van der Waals surface area contributed by atoms with E-state index >= 15 is 0 Å². The Balaban J connectivity index is 1.54. The molecule has 2 aliphatic rings. The zero-order valence-corrected chi connectivity index (χ0v) is 9.81. The first kappa shape index (κ1) is 9.97. The van der Waals surface area contributed by atoms with Crippen LogP contribution in [-0.2, 0) is 4.74 Å². The van der Waals surface area contributed by atoms with Crippen molar-refractivity contribution in [3.8, 4) is 0 Å². The van der Waals surface area contributed by atoms with E-state index < -0.39 is 0 Å². The third kappa shape index (κ3) is 2.69. The monoisotopic (exact) mass is 246 g/mol. The van der Waals surface area contributed by atoms with Gasteiger partial charge in [0.25, 0.3) is 0 Å². The molecule has 0 aromatic rings. The molecule has 0 saturated heterocycles. The van der Waals surface area contributed by atoms with Crippen LogP contribution in [0.5, 0.6) is 0 Å². The van der Waals surface area contributed by atoms with E-state index in [1.807, 2.05) is 0 Å². The van der Waals surface area contributed by atoms with E-state index in [1.54, 1.807) is 0 Å². The summed E-state index contributed by atoms with van der Waals surface area (Å²) >= 11 is 3.60. The summed E-state index contributed by atoms with van der Waals surface area (Å²) in [7, 11) is 0. The van der Waals surface area contributed by atoms with Crippen LogP contribution in [0.15, 0.2) is 0 Å². The molecule has 1 nitrogen and oxygen atoms in total. The van der Waals surface area contributed by atoms with Crippen molar-refractivity contribution in [3.05, 3.63) is 0 Å². The van der Waals surface area contributed by atoms with Crippen LogP contribution >= 0.6 is 15.9 Å². The Labute approximate surface area is 89.4 Å². The van der Waals surface area contributed by atoms with Crippen molar-refractivity contribution in [2.45, 2.75) is 38.5 Å². The lowest BCUT2D eigenvalue weighted by molar-refractivity contribution is 0.00884. The van der Waals surface area contributed by atoms with Crippen LogP contribution in [-0.4, -0.2) is 18.5 Å². The summed E-state index contributed by atoms with van der Waals surface area (Å²) in [4.78, 5) is 0. The maximum atomic E-state index is 5.75. The second kappa shape index (κ2) is 4.31. The number of ether oxygens (including phenoxy) is 1. The van der Waals surface area contributed by atoms with Gasteiger partial charge in [-0.15, -0.1) is 0 Å². The van der Waals surface area contributed by atoms with Gasteiger partial charge in [-0.25, -0.2) is 0 Å². The van der Waals surface area contributed by atoms with E-state index in [0.717, 1.165) is 24.5 Å². The smallest absolute Gasteiger partial charge is 0.0530 e. The predicted molar refractivity (Wildman–Crippen MR) is 58.2 cm³/mol. The van der Waals surface area contributed by atoms with Crippen LogP contribution in [0.25, 0.3) is 0 Å². The Morgan fingerprint density at radius 1 is 1.31 bits per heavy atom. The van der Waals surface area contributed by atoms with Crippen molar-refractivity contribution in [3.63, 3.8) is 0 Å². The Kier molecular flexibility index (Phi) is 3.31. The lowest BCUT2D eigenvalue weighted by atomic mass is 9.71. The highest BCUT2D eigenvalue weighted by molar-refractivity contribution is 9.09. The minimum atomic E-state index is 0.517. The molecule has 0 unspecified atom stereocenters. The van der Waals surface area contributed by atoms with Crippen molar-refractivity contribution in [2.24, 2.45) is 11.3 Å². The van der Waals surface area contributed by atoms with Crippen molar-refractivity contribution in [1.29, 1.82) is 0 Å². The third-order valence-electron chi connectivity index (χ3n) is 3.47. The lowest BCUT2D eigenvalue weighted by Gasteiger charge is -2.40. The molecule has 0 bridgehead atoms. The molecule has 0 aliphatic heterocycles. The highest BCUT2D eigenvalue weighted by atomic mass is 79.9. The summed E-state index contributed by atoms with van der Waals surface area (Å²) in [6.07, 6.45) is 8.33. The molecular weight excluding hydrogens is 228 g/mol. The van der Waals surface area contributed by atoms with Crippen LogP contribution in [0.1, 0.15) is 38.5 Å². The average molecular weight is 247 g/mol. The van der Waals surface area contributed by atoms with Gasteiger partial charge in [-0.1, -0.05) is 35.2 Å². The molecule has 0 atom stereocenters. The van der Waals surface area contributed by atoms with Gasteiger partial charge in [0.15, 0.2) is 0 Å². The molecule has 0 heterocycles. The van der Waals surface area contributed by atoms with Crippen molar-refractivity contribution in [1.82, 2.24) is 0 Å². The van der Waals surface area contributed by atoms with Gasteiger partial charge in [0.1, 0.15) is 0 Å². The summed E-state index contributed by atoms with van der Waals surface area (Å²) in [5.74, 6) is 1.02. The van der Waals surface area contributed by atoms with Gasteiger partial charge >= 0.3 is 0 Å². The highest BCUT2D eigenvalue weighted by Gasteiger charge is 2.36. The van der Waals surface area contributed by atoms with Crippen molar-refractivity contribution >= 4 is 15.9 Å². The normalized spacial score (nSPS) is 25.6. The Bertz CT molecular complexity index is 156. The molecule has 0 spiro atoms. The Morgan fingerprint density at radius 2 is 2.08 bits per heavy atom. The minimum absolute atomic E-state index is 0.517. The average Bonchev–Trinajstić information content (AvgIpc) is 2.86. The zero-order chi connectivity index (χ0) is 9.15. The Hall–Kier alpha value is 0.440. The SMILES string of the molecule is BrCC1(COCCC2CC2)CCC1. The molecule has 0 amide bonds. The molecule has 0 N–H and O–H groups in total. The summed E-state index contributed by atoms with van der Waals surface area (Å²) in [6.45, 7) is 1.99. The first-order valence-electron chi connectivity index (χ1n) is 5.48. The molecule has 0 aromatic carbocycles. The van der Waals surface area contributed by atoms with Crippen LogP contribution in [0, 0.1) is 11.3 Å². The standard InChI is InChI=1S/C11H19BrO/c12-8-11(5-1-6-11)9-13-7-4-10-2-3-10/h10H,1-9H2. The lowest BCUT2D eigenvalue weighted by Crippen LogP contribution is -2.36. The summed E-state index contributed by atoms with van der Waals surface area (Å²) in [5.41, 5.74) is 0.517. The van der Waals surface area contributed by atoms with E-state index in [0.29, 0.717) is 5.41 Å². The molecule has 2 fully saturated rings. The van der Waals surface area contributed by atoms with Gasteiger partial charge in [-0.3, -0.25) is 0 Å². The number of halogens is 1. The minimum Gasteiger partial charge on any atom is -0.381 e. The fourth-order valence-electron chi connectivity index (χ4n) is 1.94. The highest BCUT2D eigenvalue weighted by Crippen LogP contribution is 2.42. The summed E-state index contributed by atoms with van der Waals surface area (Å²) in [5, 5.41) is 1.13. The molecule has 2 saturated carbocycles. The predicted octanol–water partition coefficient (Wildman–Crippen LogP) is 3.37. The maximum absolute atomic E-state index is 5.75. The van der Waals surface area contributed by atoms with Gasteiger partial charge in [-0.05, 0) is 25.2 Å². The molecule has 0 radical (unpaired) electrons. The molecular formula is C11H19BrO.